The molecular formula is C23H23ClN6O5S3. The molecule has 0 aliphatic rings. The molecule has 0 aliphatic heterocycles. The second-order valence-electron chi connectivity index (χ2n) is 7.92. The molecule has 2 aromatic heterocycles. The summed E-state index contributed by atoms with van der Waals surface area (Å²) in [6.45, 7) is 3.35. The first-order valence-corrected chi connectivity index (χ1v) is 15.0. The zero-order valence-electron chi connectivity index (χ0n) is 20.1. The Morgan fingerprint density at radius 3 is 1.97 bits per heavy atom. The van der Waals surface area contributed by atoms with Crippen molar-refractivity contribution in [3.05, 3.63) is 77.3 Å². The van der Waals surface area contributed by atoms with Gasteiger partial charge in [-0.25, -0.2) is 37.1 Å². The number of nitrogens with two attached hydrogens (primary N) is 2. The van der Waals surface area contributed by atoms with Crippen molar-refractivity contribution in [2.75, 3.05) is 5.32 Å². The Kier molecular flexibility index (Phi) is 9.30. The Balaban J connectivity index is 0.000000244. The molecule has 0 atom stereocenters. The number of ketones is 1. The van der Waals surface area contributed by atoms with Gasteiger partial charge in [0.25, 0.3) is 0 Å². The lowest BCUT2D eigenvalue weighted by Gasteiger charge is -2.01. The van der Waals surface area contributed by atoms with Crippen LogP contribution in [0.3, 0.4) is 0 Å². The summed E-state index contributed by atoms with van der Waals surface area (Å²) in [6.07, 6.45) is 3.30. The molecule has 0 amide bonds. The molecule has 0 spiro atoms. The molecule has 38 heavy (non-hydrogen) atoms. The van der Waals surface area contributed by atoms with Crippen molar-refractivity contribution in [2.24, 2.45) is 10.3 Å². The summed E-state index contributed by atoms with van der Waals surface area (Å²) in [5.41, 5.74) is 2.44. The SMILES string of the molecule is CC(=O)Cc1ccc(S(N)(=O)=O)cc1.Cc1nc(Nc2cncc(Cl)n2)sc1-c1ccc(S(N)(=O)=O)cc1. The molecule has 0 radical (unpaired) electrons. The van der Waals surface area contributed by atoms with Gasteiger partial charge in [0, 0.05) is 6.42 Å². The third-order valence-electron chi connectivity index (χ3n) is 4.79. The van der Waals surface area contributed by atoms with Crippen LogP contribution in [0.5, 0.6) is 0 Å². The van der Waals surface area contributed by atoms with Gasteiger partial charge < -0.3 is 5.32 Å². The van der Waals surface area contributed by atoms with Crippen molar-refractivity contribution in [3.8, 4) is 10.4 Å². The number of aryl methyl sites for hydroxylation is 1. The average Bonchev–Trinajstić information content (AvgIpc) is 3.18. The smallest absolute Gasteiger partial charge is 0.238 e. The highest BCUT2D eigenvalue weighted by atomic mass is 35.5. The van der Waals surface area contributed by atoms with Crippen molar-refractivity contribution in [1.82, 2.24) is 15.0 Å². The predicted octanol–water partition coefficient (Wildman–Crippen LogP) is 3.42. The number of Topliss-reactive ketones (excluding diaryl/α,β-unsaturated/α-hetero) is 1. The molecule has 0 bridgehead atoms. The summed E-state index contributed by atoms with van der Waals surface area (Å²) in [5, 5.41) is 14.0. The molecule has 0 fully saturated rings. The van der Waals surface area contributed by atoms with Gasteiger partial charge in [0.15, 0.2) is 10.9 Å². The zero-order chi connectivity index (χ0) is 28.1. The first kappa shape index (κ1) is 29.3. The van der Waals surface area contributed by atoms with E-state index in [1.54, 1.807) is 30.5 Å². The third kappa shape index (κ3) is 8.37. The highest BCUT2D eigenvalue weighted by Gasteiger charge is 2.13. The van der Waals surface area contributed by atoms with E-state index >= 15 is 0 Å². The van der Waals surface area contributed by atoms with Crippen LogP contribution in [-0.4, -0.2) is 37.6 Å². The van der Waals surface area contributed by atoms with E-state index in [0.717, 1.165) is 21.7 Å². The Morgan fingerprint density at radius 1 is 0.921 bits per heavy atom. The maximum absolute atomic E-state index is 11.3. The first-order valence-electron chi connectivity index (χ1n) is 10.7. The number of aromatic nitrogens is 3. The molecule has 4 aromatic rings. The maximum Gasteiger partial charge on any atom is 0.238 e. The van der Waals surface area contributed by atoms with E-state index in [0.29, 0.717) is 17.4 Å². The molecule has 0 aliphatic carbocycles. The van der Waals surface area contributed by atoms with E-state index in [2.05, 4.69) is 20.3 Å². The van der Waals surface area contributed by atoms with E-state index in [1.807, 2.05) is 6.92 Å². The number of anilines is 2. The summed E-state index contributed by atoms with van der Waals surface area (Å²) in [4.78, 5) is 24.3. The lowest BCUT2D eigenvalue weighted by Crippen LogP contribution is -2.12. The number of thiazole rings is 1. The standard InChI is InChI=1S/C14H12ClN5O2S2.C9H11NO3S/c1-8-13(9-2-4-10(5-3-9)24(16,21)22)23-14(18-8)20-12-7-17-6-11(15)19-12;1-7(11)6-8-2-4-9(5-3-8)14(10,12)13/h2-7H,1H3,(H2,16,21,22)(H,18,19,20);2-5H,6H2,1H3,(H2,10,12,13). The van der Waals surface area contributed by atoms with Gasteiger partial charge in [-0.1, -0.05) is 47.2 Å². The molecule has 0 saturated carbocycles. The molecule has 4 rings (SSSR count). The van der Waals surface area contributed by atoms with E-state index in [4.69, 9.17) is 21.9 Å². The van der Waals surface area contributed by atoms with Crippen LogP contribution in [0.2, 0.25) is 5.15 Å². The quantitative estimate of drug-likeness (QED) is 0.288. The van der Waals surface area contributed by atoms with Crippen molar-refractivity contribution in [3.63, 3.8) is 0 Å². The van der Waals surface area contributed by atoms with Crippen LogP contribution in [0, 0.1) is 6.92 Å². The fourth-order valence-corrected chi connectivity index (χ4v) is 5.27. The van der Waals surface area contributed by atoms with Crippen molar-refractivity contribution in [1.29, 1.82) is 0 Å². The number of primary sulfonamides is 2. The number of nitrogens with zero attached hydrogens (tertiary/aromatic N) is 3. The van der Waals surface area contributed by atoms with E-state index in [9.17, 15) is 21.6 Å². The van der Waals surface area contributed by atoms with Gasteiger partial charge in [-0.2, -0.15) is 0 Å². The molecular weight excluding hydrogens is 572 g/mol. The summed E-state index contributed by atoms with van der Waals surface area (Å²) in [6, 6.07) is 12.3. The topological polar surface area (TPSA) is 188 Å². The summed E-state index contributed by atoms with van der Waals surface area (Å²) < 4.78 is 44.4. The molecule has 5 N–H and O–H groups in total. The molecule has 11 nitrogen and oxygen atoms in total. The van der Waals surface area contributed by atoms with Crippen LogP contribution in [0.25, 0.3) is 10.4 Å². The molecule has 2 heterocycles. The number of halogens is 1. The number of sulfonamides is 2. The minimum absolute atomic E-state index is 0.0355. The van der Waals surface area contributed by atoms with Crippen molar-refractivity contribution < 1.29 is 21.6 Å². The van der Waals surface area contributed by atoms with Crippen molar-refractivity contribution >= 4 is 59.7 Å². The van der Waals surface area contributed by atoms with Crippen LogP contribution >= 0.6 is 22.9 Å². The molecule has 200 valence electrons. The Morgan fingerprint density at radius 2 is 1.47 bits per heavy atom. The second-order valence-corrected chi connectivity index (χ2v) is 12.4. The Hall–Kier alpha value is -3.27. The number of carbonyl (C=O) groups excluding carboxylic acids is 1. The fraction of sp³-hybridized carbons (Fsp3) is 0.130. The van der Waals surface area contributed by atoms with Gasteiger partial charge in [0.1, 0.15) is 10.9 Å². The Bertz CT molecular complexity index is 1660. The Labute approximate surface area is 229 Å². The second kappa shape index (κ2) is 12.1. The highest BCUT2D eigenvalue weighted by Crippen LogP contribution is 2.34. The lowest BCUT2D eigenvalue weighted by atomic mass is 10.1. The van der Waals surface area contributed by atoms with Gasteiger partial charge in [0.05, 0.1) is 32.8 Å². The predicted molar refractivity (Wildman–Crippen MR) is 146 cm³/mol. The van der Waals surface area contributed by atoms with Crippen molar-refractivity contribution in [2.45, 2.75) is 30.1 Å². The van der Waals surface area contributed by atoms with Gasteiger partial charge >= 0.3 is 0 Å². The zero-order valence-corrected chi connectivity index (χ0v) is 23.3. The number of nitrogens with one attached hydrogen (secondary N) is 1. The maximum atomic E-state index is 11.3. The monoisotopic (exact) mass is 594 g/mol. The summed E-state index contributed by atoms with van der Waals surface area (Å²) in [5.74, 6) is 0.528. The lowest BCUT2D eigenvalue weighted by molar-refractivity contribution is -0.116. The third-order valence-corrected chi connectivity index (χ3v) is 7.95. The number of carbonyl (C=O) groups is 1. The number of benzene rings is 2. The highest BCUT2D eigenvalue weighted by molar-refractivity contribution is 7.89. The van der Waals surface area contributed by atoms with Crippen LogP contribution in [0.1, 0.15) is 18.2 Å². The molecule has 15 heteroatoms. The van der Waals surface area contributed by atoms with Crippen LogP contribution in [0.4, 0.5) is 10.9 Å². The number of rotatable bonds is 7. The summed E-state index contributed by atoms with van der Waals surface area (Å²) >= 11 is 7.22. The summed E-state index contributed by atoms with van der Waals surface area (Å²) in [7, 11) is -7.34. The minimum atomic E-state index is -3.70. The van der Waals surface area contributed by atoms with Crippen LogP contribution in [-0.2, 0) is 31.3 Å². The fourth-order valence-electron chi connectivity index (χ4n) is 3.11. The van der Waals surface area contributed by atoms with Gasteiger partial charge in [-0.05, 0) is 49.2 Å². The van der Waals surface area contributed by atoms with Crippen LogP contribution < -0.4 is 15.6 Å². The van der Waals surface area contributed by atoms with Gasteiger partial charge in [-0.3, -0.25) is 9.78 Å². The normalized spacial score (nSPS) is 11.4. The first-order chi connectivity index (χ1) is 17.7. The molecule has 0 unspecified atom stereocenters. The molecule has 2 aromatic carbocycles. The van der Waals surface area contributed by atoms with E-state index < -0.39 is 20.0 Å². The number of hydrogen-bond donors (Lipinski definition) is 3. The van der Waals surface area contributed by atoms with Gasteiger partial charge in [0.2, 0.25) is 20.0 Å². The average molecular weight is 595 g/mol. The van der Waals surface area contributed by atoms with Crippen LogP contribution in [0.15, 0.2) is 70.7 Å². The minimum Gasteiger partial charge on any atom is -0.315 e. The largest absolute Gasteiger partial charge is 0.315 e. The van der Waals surface area contributed by atoms with Gasteiger partial charge in [-0.15, -0.1) is 0 Å². The van der Waals surface area contributed by atoms with E-state index in [1.165, 1.54) is 48.7 Å². The molecule has 0 saturated heterocycles. The van der Waals surface area contributed by atoms with E-state index in [-0.39, 0.29) is 20.7 Å². The number of hydrogen-bond acceptors (Lipinski definition) is 10.